The van der Waals surface area contributed by atoms with Gasteiger partial charge in [-0.2, -0.15) is 0 Å². The van der Waals surface area contributed by atoms with Crippen LogP contribution in [0.3, 0.4) is 0 Å². The molecule has 0 spiro atoms. The van der Waals surface area contributed by atoms with Crippen molar-refractivity contribution in [3.8, 4) is 17.1 Å². The molecule has 0 atom stereocenters. The van der Waals surface area contributed by atoms with Gasteiger partial charge in [0.1, 0.15) is 10.9 Å². The zero-order valence-corrected chi connectivity index (χ0v) is 11.4. The predicted molar refractivity (Wildman–Crippen MR) is 71.1 cm³/mol. The Morgan fingerprint density at radius 2 is 1.86 bits per heavy atom. The van der Waals surface area contributed by atoms with E-state index in [9.17, 15) is 13.2 Å². The van der Waals surface area contributed by atoms with Gasteiger partial charge < -0.3 is 4.74 Å². The lowest BCUT2D eigenvalue weighted by Crippen LogP contribution is -2.17. The van der Waals surface area contributed by atoms with Gasteiger partial charge in [0.05, 0.1) is 5.56 Å². The van der Waals surface area contributed by atoms with Gasteiger partial charge in [-0.15, -0.1) is 13.2 Å². The molecule has 1 heterocycles. The Morgan fingerprint density at radius 1 is 1.14 bits per heavy atom. The zero-order valence-electron chi connectivity index (χ0n) is 10.7. The molecule has 0 N–H and O–H groups in total. The molecule has 2 aromatic rings. The van der Waals surface area contributed by atoms with Crippen LogP contribution in [-0.2, 0) is 0 Å². The monoisotopic (exact) mass is 314 g/mol. The number of hydrogen-bond donors (Lipinski definition) is 0. The molecule has 0 bridgehead atoms. The fourth-order valence-electron chi connectivity index (χ4n) is 2.01. The maximum absolute atomic E-state index is 12.4. The van der Waals surface area contributed by atoms with Crippen LogP contribution >= 0.6 is 11.6 Å². The second kappa shape index (κ2) is 5.18. The van der Waals surface area contributed by atoms with Crippen molar-refractivity contribution in [2.45, 2.75) is 25.1 Å². The first-order valence-electron chi connectivity index (χ1n) is 6.32. The van der Waals surface area contributed by atoms with E-state index in [1.54, 1.807) is 12.1 Å². The second-order valence-electron chi connectivity index (χ2n) is 4.76. The zero-order chi connectivity index (χ0) is 15.0. The van der Waals surface area contributed by atoms with Crippen molar-refractivity contribution in [1.82, 2.24) is 9.97 Å². The molecule has 7 heteroatoms. The largest absolute Gasteiger partial charge is 0.573 e. The number of ether oxygens (including phenoxy) is 1. The van der Waals surface area contributed by atoms with Gasteiger partial charge in [0.15, 0.2) is 5.82 Å². The first kappa shape index (κ1) is 14.1. The van der Waals surface area contributed by atoms with Gasteiger partial charge in [0.25, 0.3) is 0 Å². The number of benzene rings is 1. The highest BCUT2D eigenvalue weighted by molar-refractivity contribution is 6.29. The predicted octanol–water partition coefficient (Wildman–Crippen LogP) is 4.57. The maximum Gasteiger partial charge on any atom is 0.573 e. The van der Waals surface area contributed by atoms with Crippen molar-refractivity contribution in [2.75, 3.05) is 0 Å². The molecular weight excluding hydrogens is 305 g/mol. The summed E-state index contributed by atoms with van der Waals surface area (Å²) in [6.45, 7) is 0. The minimum Gasteiger partial charge on any atom is -0.405 e. The Bertz CT molecular complexity index is 672. The molecule has 0 radical (unpaired) electrons. The van der Waals surface area contributed by atoms with Crippen LogP contribution in [0, 0.1) is 0 Å². The summed E-state index contributed by atoms with van der Waals surface area (Å²) in [6, 6.07) is 7.40. The molecule has 0 saturated heterocycles. The number of hydrogen-bond acceptors (Lipinski definition) is 3. The molecule has 3 rings (SSSR count). The van der Waals surface area contributed by atoms with E-state index in [-0.39, 0.29) is 22.3 Å². The Balaban J connectivity index is 2.04. The maximum atomic E-state index is 12.4. The van der Waals surface area contributed by atoms with Gasteiger partial charge in [0.2, 0.25) is 0 Å². The average molecular weight is 315 g/mol. The van der Waals surface area contributed by atoms with E-state index in [0.717, 1.165) is 18.5 Å². The van der Waals surface area contributed by atoms with Gasteiger partial charge in [-0.25, -0.2) is 9.97 Å². The number of nitrogens with zero attached hydrogens (tertiary/aromatic N) is 2. The Morgan fingerprint density at radius 3 is 2.52 bits per heavy atom. The SMILES string of the molecule is FC(F)(F)Oc1ccccc1-c1nc(Cl)cc(C2CC2)n1. The second-order valence-corrected chi connectivity index (χ2v) is 5.14. The third kappa shape index (κ3) is 3.44. The molecular formula is C14H10ClF3N2O. The molecule has 0 unspecified atom stereocenters. The van der Waals surface area contributed by atoms with Crippen molar-refractivity contribution >= 4 is 11.6 Å². The lowest BCUT2D eigenvalue weighted by atomic mass is 10.1. The summed E-state index contributed by atoms with van der Waals surface area (Å²) >= 11 is 5.94. The van der Waals surface area contributed by atoms with E-state index in [4.69, 9.17) is 11.6 Å². The summed E-state index contributed by atoms with van der Waals surface area (Å²) in [5, 5.41) is 0.212. The van der Waals surface area contributed by atoms with Crippen LogP contribution in [0.15, 0.2) is 30.3 Å². The van der Waals surface area contributed by atoms with Gasteiger partial charge in [0, 0.05) is 11.6 Å². The smallest absolute Gasteiger partial charge is 0.405 e. The normalized spacial score (nSPS) is 15.0. The van der Waals surface area contributed by atoms with Crippen molar-refractivity contribution in [3.05, 3.63) is 41.2 Å². The highest BCUT2D eigenvalue weighted by atomic mass is 35.5. The van der Waals surface area contributed by atoms with Gasteiger partial charge >= 0.3 is 6.36 Å². The summed E-state index contributed by atoms with van der Waals surface area (Å²) in [4.78, 5) is 8.33. The molecule has 110 valence electrons. The fraction of sp³-hybridized carbons (Fsp3) is 0.286. The van der Waals surface area contributed by atoms with E-state index in [0.29, 0.717) is 5.92 Å². The molecule has 1 saturated carbocycles. The Kier molecular flexibility index (Phi) is 3.49. The lowest BCUT2D eigenvalue weighted by Gasteiger charge is -2.13. The van der Waals surface area contributed by atoms with E-state index in [1.165, 1.54) is 18.2 Å². The van der Waals surface area contributed by atoms with Crippen LogP contribution < -0.4 is 4.74 Å². The molecule has 21 heavy (non-hydrogen) atoms. The average Bonchev–Trinajstić information content (AvgIpc) is 3.21. The number of halogens is 4. The van der Waals surface area contributed by atoms with Crippen LogP contribution in [0.4, 0.5) is 13.2 Å². The summed E-state index contributed by atoms with van der Waals surface area (Å²) in [7, 11) is 0. The van der Waals surface area contributed by atoms with Crippen molar-refractivity contribution in [1.29, 1.82) is 0 Å². The molecule has 3 nitrogen and oxygen atoms in total. The fourth-order valence-corrected chi connectivity index (χ4v) is 2.20. The lowest BCUT2D eigenvalue weighted by molar-refractivity contribution is -0.274. The minimum absolute atomic E-state index is 0.143. The number of alkyl halides is 3. The molecule has 0 aliphatic heterocycles. The summed E-state index contributed by atoms with van der Waals surface area (Å²) in [6.07, 6.45) is -2.75. The Labute approximate surface area is 123 Å². The first-order valence-corrected chi connectivity index (χ1v) is 6.70. The highest BCUT2D eigenvalue weighted by Gasteiger charge is 2.33. The third-order valence-electron chi connectivity index (χ3n) is 3.06. The van der Waals surface area contributed by atoms with Gasteiger partial charge in [-0.3, -0.25) is 0 Å². The topological polar surface area (TPSA) is 35.0 Å². The molecule has 1 aromatic heterocycles. The van der Waals surface area contributed by atoms with E-state index < -0.39 is 6.36 Å². The summed E-state index contributed by atoms with van der Waals surface area (Å²) in [5.74, 6) is 0.123. The Hall–Kier alpha value is -1.82. The van der Waals surface area contributed by atoms with Crippen molar-refractivity contribution in [3.63, 3.8) is 0 Å². The molecule has 0 amide bonds. The van der Waals surface area contributed by atoms with E-state index >= 15 is 0 Å². The van der Waals surface area contributed by atoms with E-state index in [1.807, 2.05) is 0 Å². The van der Waals surface area contributed by atoms with Crippen molar-refractivity contribution < 1.29 is 17.9 Å². The first-order chi connectivity index (χ1) is 9.92. The third-order valence-corrected chi connectivity index (χ3v) is 3.26. The van der Waals surface area contributed by atoms with Crippen LogP contribution in [0.1, 0.15) is 24.5 Å². The minimum atomic E-state index is -4.77. The number of para-hydroxylation sites is 1. The van der Waals surface area contributed by atoms with Crippen molar-refractivity contribution in [2.24, 2.45) is 0 Å². The summed E-state index contributed by atoms with van der Waals surface area (Å²) < 4.78 is 41.4. The van der Waals surface area contributed by atoms with Crippen LogP contribution in [0.2, 0.25) is 5.15 Å². The molecule has 1 aliphatic rings. The van der Waals surface area contributed by atoms with E-state index in [2.05, 4.69) is 14.7 Å². The molecule has 1 fully saturated rings. The van der Waals surface area contributed by atoms with Gasteiger partial charge in [-0.1, -0.05) is 23.7 Å². The van der Waals surface area contributed by atoms with Crippen LogP contribution in [0.25, 0.3) is 11.4 Å². The molecule has 1 aromatic carbocycles. The van der Waals surface area contributed by atoms with Crippen LogP contribution in [0.5, 0.6) is 5.75 Å². The highest BCUT2D eigenvalue weighted by Crippen LogP contribution is 2.41. The molecule has 1 aliphatic carbocycles. The number of aromatic nitrogens is 2. The number of rotatable bonds is 3. The van der Waals surface area contributed by atoms with Crippen LogP contribution in [-0.4, -0.2) is 16.3 Å². The summed E-state index contributed by atoms with van der Waals surface area (Å²) in [5.41, 5.74) is 0.922. The standard InChI is InChI=1S/C14H10ClF3N2O/c15-12-7-10(8-5-6-8)19-13(20-12)9-3-1-2-4-11(9)21-14(16,17)18/h1-4,7-8H,5-6H2. The quantitative estimate of drug-likeness (QED) is 0.778. The van der Waals surface area contributed by atoms with Gasteiger partial charge in [-0.05, 0) is 31.0 Å².